The van der Waals surface area contributed by atoms with Crippen molar-refractivity contribution in [2.24, 2.45) is 0 Å². The molecular weight excluding hydrogens is 298 g/mol. The predicted molar refractivity (Wildman–Crippen MR) is 93.9 cm³/mol. The molecule has 0 N–H and O–H groups in total. The molecule has 2 aliphatic heterocycles. The van der Waals surface area contributed by atoms with Gasteiger partial charge in [-0.25, -0.2) is 9.97 Å². The van der Waals surface area contributed by atoms with Crippen molar-refractivity contribution in [3.8, 4) is 0 Å². The van der Waals surface area contributed by atoms with Gasteiger partial charge in [-0.15, -0.1) is 0 Å². The van der Waals surface area contributed by atoms with Gasteiger partial charge in [-0.1, -0.05) is 36.4 Å². The Bertz CT molecular complexity index is 895. The molecular formula is C20H19N3O. The maximum atomic E-state index is 6.26. The Labute approximate surface area is 141 Å². The summed E-state index contributed by atoms with van der Waals surface area (Å²) in [6.45, 7) is 2.65. The van der Waals surface area contributed by atoms with Gasteiger partial charge < -0.3 is 9.64 Å². The molecule has 1 fully saturated rings. The van der Waals surface area contributed by atoms with Crippen LogP contribution >= 0.6 is 0 Å². The average Bonchev–Trinajstić information content (AvgIpc) is 3.01. The zero-order valence-corrected chi connectivity index (χ0v) is 13.5. The van der Waals surface area contributed by atoms with Crippen molar-refractivity contribution in [3.63, 3.8) is 0 Å². The van der Waals surface area contributed by atoms with Crippen LogP contribution in [0.1, 0.15) is 24.0 Å². The van der Waals surface area contributed by atoms with Crippen molar-refractivity contribution in [2.75, 3.05) is 18.0 Å². The summed E-state index contributed by atoms with van der Waals surface area (Å²) in [6, 6.07) is 16.9. The number of hydrogen-bond acceptors (Lipinski definition) is 4. The fraction of sp³-hybridized carbons (Fsp3) is 0.300. The first-order valence-corrected chi connectivity index (χ1v) is 8.53. The fourth-order valence-electron chi connectivity index (χ4n) is 4.12. The summed E-state index contributed by atoms with van der Waals surface area (Å²) in [5, 5.41) is 1.13. The minimum absolute atomic E-state index is 0.101. The van der Waals surface area contributed by atoms with Crippen LogP contribution in [-0.2, 0) is 16.9 Å². The third-order valence-electron chi connectivity index (χ3n) is 5.40. The van der Waals surface area contributed by atoms with Crippen LogP contribution in [-0.4, -0.2) is 23.1 Å². The highest BCUT2D eigenvalue weighted by molar-refractivity contribution is 5.89. The van der Waals surface area contributed by atoms with Crippen LogP contribution in [0.4, 0.5) is 5.82 Å². The zero-order chi connectivity index (χ0) is 16.0. The van der Waals surface area contributed by atoms with E-state index in [0.717, 1.165) is 49.3 Å². The molecule has 0 atom stereocenters. The van der Waals surface area contributed by atoms with Crippen molar-refractivity contribution < 1.29 is 4.74 Å². The number of aromatic nitrogens is 2. The number of benzene rings is 2. The molecule has 5 rings (SSSR count). The second-order valence-corrected chi connectivity index (χ2v) is 6.64. The molecule has 2 aromatic carbocycles. The maximum absolute atomic E-state index is 6.26. The topological polar surface area (TPSA) is 38.2 Å². The SMILES string of the molecule is c1ccc2c(c1)COC21CCN(c2ncnc3ccccc23)CC1. The lowest BCUT2D eigenvalue weighted by atomic mass is 9.84. The van der Waals surface area contributed by atoms with Crippen LogP contribution in [0.15, 0.2) is 54.9 Å². The van der Waals surface area contributed by atoms with Gasteiger partial charge in [0.25, 0.3) is 0 Å². The highest BCUT2D eigenvalue weighted by atomic mass is 16.5. The molecule has 2 aliphatic rings. The lowest BCUT2D eigenvalue weighted by Gasteiger charge is -2.40. The van der Waals surface area contributed by atoms with Crippen LogP contribution in [0.2, 0.25) is 0 Å². The number of para-hydroxylation sites is 1. The van der Waals surface area contributed by atoms with Gasteiger partial charge in [0.2, 0.25) is 0 Å². The van der Waals surface area contributed by atoms with Crippen LogP contribution < -0.4 is 4.90 Å². The minimum Gasteiger partial charge on any atom is -0.365 e. The number of nitrogens with zero attached hydrogens (tertiary/aromatic N) is 3. The second kappa shape index (κ2) is 5.28. The largest absolute Gasteiger partial charge is 0.365 e. The average molecular weight is 317 g/mol. The lowest BCUT2D eigenvalue weighted by molar-refractivity contribution is -0.0551. The molecule has 0 amide bonds. The van der Waals surface area contributed by atoms with E-state index in [4.69, 9.17) is 4.74 Å². The van der Waals surface area contributed by atoms with E-state index in [-0.39, 0.29) is 5.60 Å². The van der Waals surface area contributed by atoms with E-state index in [2.05, 4.69) is 51.3 Å². The van der Waals surface area contributed by atoms with E-state index in [1.54, 1.807) is 6.33 Å². The summed E-state index contributed by atoms with van der Waals surface area (Å²) >= 11 is 0. The standard InChI is InChI=1S/C20H19N3O/c1-3-7-17-15(5-1)13-24-20(17)9-11-23(12-10-20)19-16-6-2-4-8-18(16)21-14-22-19/h1-8,14H,9-13H2. The molecule has 120 valence electrons. The number of rotatable bonds is 1. The van der Waals surface area contributed by atoms with Crippen LogP contribution in [0.3, 0.4) is 0 Å². The highest BCUT2D eigenvalue weighted by Gasteiger charge is 2.42. The first kappa shape index (κ1) is 13.9. The van der Waals surface area contributed by atoms with Crippen LogP contribution in [0.5, 0.6) is 0 Å². The highest BCUT2D eigenvalue weighted by Crippen LogP contribution is 2.44. The molecule has 1 spiro atoms. The van der Waals surface area contributed by atoms with Crippen molar-refractivity contribution in [2.45, 2.75) is 25.0 Å². The van der Waals surface area contributed by atoms with Crippen molar-refractivity contribution in [3.05, 3.63) is 66.0 Å². The normalized spacial score (nSPS) is 18.9. The third-order valence-corrected chi connectivity index (χ3v) is 5.40. The van der Waals surface area contributed by atoms with E-state index < -0.39 is 0 Å². The molecule has 4 heteroatoms. The van der Waals surface area contributed by atoms with Gasteiger partial charge in [-0.2, -0.15) is 0 Å². The van der Waals surface area contributed by atoms with E-state index in [9.17, 15) is 0 Å². The molecule has 0 bridgehead atoms. The number of piperidine rings is 1. The summed E-state index contributed by atoms with van der Waals surface area (Å²) in [6.07, 6.45) is 3.67. The van der Waals surface area contributed by atoms with Gasteiger partial charge in [-0.3, -0.25) is 0 Å². The molecule has 3 aromatic rings. The molecule has 3 heterocycles. The quantitative estimate of drug-likeness (QED) is 0.686. The fourth-order valence-corrected chi connectivity index (χ4v) is 4.12. The Morgan fingerprint density at radius 2 is 1.71 bits per heavy atom. The smallest absolute Gasteiger partial charge is 0.139 e. The first-order chi connectivity index (χ1) is 11.9. The predicted octanol–water partition coefficient (Wildman–Crippen LogP) is 3.66. The Morgan fingerprint density at radius 3 is 2.62 bits per heavy atom. The molecule has 0 unspecified atom stereocenters. The van der Waals surface area contributed by atoms with Gasteiger partial charge >= 0.3 is 0 Å². The summed E-state index contributed by atoms with van der Waals surface area (Å²) in [5.74, 6) is 1.04. The number of anilines is 1. The van der Waals surface area contributed by atoms with Gasteiger partial charge in [0.15, 0.2) is 0 Å². The van der Waals surface area contributed by atoms with E-state index in [1.807, 2.05) is 12.1 Å². The molecule has 0 saturated carbocycles. The molecule has 1 aromatic heterocycles. The van der Waals surface area contributed by atoms with Gasteiger partial charge in [0, 0.05) is 18.5 Å². The van der Waals surface area contributed by atoms with Crippen molar-refractivity contribution in [1.29, 1.82) is 0 Å². The Balaban J connectivity index is 1.45. The first-order valence-electron chi connectivity index (χ1n) is 8.53. The van der Waals surface area contributed by atoms with Gasteiger partial charge in [0.1, 0.15) is 12.1 Å². The molecule has 4 nitrogen and oxygen atoms in total. The van der Waals surface area contributed by atoms with Crippen LogP contribution in [0.25, 0.3) is 10.9 Å². The number of fused-ring (bicyclic) bond motifs is 3. The monoisotopic (exact) mass is 317 g/mol. The van der Waals surface area contributed by atoms with Gasteiger partial charge in [0.05, 0.1) is 17.7 Å². The second-order valence-electron chi connectivity index (χ2n) is 6.64. The molecule has 0 aliphatic carbocycles. The van der Waals surface area contributed by atoms with Crippen molar-refractivity contribution >= 4 is 16.7 Å². The molecule has 1 saturated heterocycles. The Morgan fingerprint density at radius 1 is 0.917 bits per heavy atom. The lowest BCUT2D eigenvalue weighted by Crippen LogP contribution is -2.43. The maximum Gasteiger partial charge on any atom is 0.139 e. The van der Waals surface area contributed by atoms with E-state index in [0.29, 0.717) is 0 Å². The van der Waals surface area contributed by atoms with Crippen LogP contribution in [0, 0.1) is 0 Å². The Kier molecular flexibility index (Phi) is 3.06. The van der Waals surface area contributed by atoms with Crippen molar-refractivity contribution in [1.82, 2.24) is 9.97 Å². The van der Waals surface area contributed by atoms with E-state index in [1.165, 1.54) is 11.1 Å². The number of hydrogen-bond donors (Lipinski definition) is 0. The number of ether oxygens (including phenoxy) is 1. The third kappa shape index (κ3) is 2.03. The minimum atomic E-state index is -0.101. The summed E-state index contributed by atoms with van der Waals surface area (Å²) < 4.78 is 6.26. The Hall–Kier alpha value is -2.46. The zero-order valence-electron chi connectivity index (χ0n) is 13.5. The summed E-state index contributed by atoms with van der Waals surface area (Å²) in [5.41, 5.74) is 3.64. The summed E-state index contributed by atoms with van der Waals surface area (Å²) in [4.78, 5) is 11.3. The summed E-state index contributed by atoms with van der Waals surface area (Å²) in [7, 11) is 0. The van der Waals surface area contributed by atoms with Gasteiger partial charge in [-0.05, 0) is 36.1 Å². The molecule has 24 heavy (non-hydrogen) atoms. The molecule has 0 radical (unpaired) electrons. The van der Waals surface area contributed by atoms with E-state index >= 15 is 0 Å².